The van der Waals surface area contributed by atoms with Gasteiger partial charge in [0.05, 0.1) is 5.56 Å². The summed E-state index contributed by atoms with van der Waals surface area (Å²) in [5.74, 6) is 2.20. The van der Waals surface area contributed by atoms with E-state index in [1.54, 1.807) is 6.20 Å². The zero-order valence-electron chi connectivity index (χ0n) is 13.0. The van der Waals surface area contributed by atoms with Gasteiger partial charge in [-0.3, -0.25) is 4.79 Å². The predicted molar refractivity (Wildman–Crippen MR) is 89.6 cm³/mol. The summed E-state index contributed by atoms with van der Waals surface area (Å²) >= 11 is 3.41. The number of aromatic nitrogens is 1. The number of halogens is 1. The minimum absolute atomic E-state index is 0.0851. The van der Waals surface area contributed by atoms with E-state index >= 15 is 0 Å². The summed E-state index contributed by atoms with van der Waals surface area (Å²) in [7, 11) is 0. The van der Waals surface area contributed by atoms with Crippen molar-refractivity contribution in [1.29, 1.82) is 0 Å². The van der Waals surface area contributed by atoms with Crippen molar-refractivity contribution in [3.05, 3.63) is 22.3 Å². The highest BCUT2D eigenvalue weighted by atomic mass is 79.9. The lowest BCUT2D eigenvalue weighted by atomic mass is 9.86. The molecule has 0 atom stereocenters. The Balaban J connectivity index is 2.12. The molecule has 0 radical (unpaired) electrons. The van der Waals surface area contributed by atoms with E-state index in [4.69, 9.17) is 0 Å². The number of pyridine rings is 1. The van der Waals surface area contributed by atoms with Crippen LogP contribution in [0.15, 0.2) is 16.7 Å². The van der Waals surface area contributed by atoms with Crippen LogP contribution in [0.2, 0.25) is 0 Å². The van der Waals surface area contributed by atoms with E-state index in [0.717, 1.165) is 42.9 Å². The van der Waals surface area contributed by atoms with Gasteiger partial charge in [-0.1, -0.05) is 13.8 Å². The average Bonchev–Trinajstić information content (AvgIpc) is 2.48. The smallest absolute Gasteiger partial charge is 0.257 e. The molecule has 0 unspecified atom stereocenters. The van der Waals surface area contributed by atoms with E-state index in [-0.39, 0.29) is 5.91 Å². The second kappa shape index (κ2) is 7.25. The Morgan fingerprint density at radius 2 is 2.14 bits per heavy atom. The number of piperidine rings is 1. The molecule has 0 saturated carbocycles. The van der Waals surface area contributed by atoms with Gasteiger partial charge in [0.1, 0.15) is 5.82 Å². The monoisotopic (exact) mass is 353 g/mol. The number of anilines is 1. The van der Waals surface area contributed by atoms with Crippen LogP contribution < -0.4 is 5.32 Å². The van der Waals surface area contributed by atoms with Gasteiger partial charge in [0.15, 0.2) is 0 Å². The molecule has 1 aromatic heterocycles. The molecule has 4 nitrogen and oxygen atoms in total. The molecule has 1 fully saturated rings. The summed E-state index contributed by atoms with van der Waals surface area (Å²) in [6, 6.07) is 1.86. The Hall–Kier alpha value is -1.10. The summed E-state index contributed by atoms with van der Waals surface area (Å²) in [4.78, 5) is 19.0. The van der Waals surface area contributed by atoms with Crippen LogP contribution in [0.4, 0.5) is 5.82 Å². The zero-order chi connectivity index (χ0) is 15.4. The molecule has 1 aliphatic rings. The van der Waals surface area contributed by atoms with Crippen LogP contribution in [0.3, 0.4) is 0 Å². The van der Waals surface area contributed by atoms with Gasteiger partial charge in [-0.05, 0) is 53.6 Å². The van der Waals surface area contributed by atoms with Crippen LogP contribution in [0, 0.1) is 11.8 Å². The van der Waals surface area contributed by atoms with Crippen molar-refractivity contribution in [2.45, 2.75) is 33.6 Å². The van der Waals surface area contributed by atoms with Crippen molar-refractivity contribution in [2.24, 2.45) is 11.8 Å². The third kappa shape index (κ3) is 3.96. The van der Waals surface area contributed by atoms with Crippen LogP contribution >= 0.6 is 15.9 Å². The summed E-state index contributed by atoms with van der Waals surface area (Å²) in [6.45, 7) is 8.99. The summed E-state index contributed by atoms with van der Waals surface area (Å²) in [6.07, 6.45) is 3.92. The van der Waals surface area contributed by atoms with Gasteiger partial charge < -0.3 is 10.2 Å². The topological polar surface area (TPSA) is 45.2 Å². The molecule has 116 valence electrons. The van der Waals surface area contributed by atoms with Crippen LogP contribution in [0.1, 0.15) is 44.0 Å². The summed E-state index contributed by atoms with van der Waals surface area (Å²) in [5.41, 5.74) is 0.661. The average molecular weight is 354 g/mol. The molecule has 0 aliphatic carbocycles. The van der Waals surface area contributed by atoms with Crippen molar-refractivity contribution < 1.29 is 4.79 Å². The Labute approximate surface area is 135 Å². The molecule has 1 aliphatic heterocycles. The molecule has 1 amide bonds. The molecular formula is C16H24BrN3O. The Kier molecular flexibility index (Phi) is 5.62. The van der Waals surface area contributed by atoms with Crippen molar-refractivity contribution in [2.75, 3.05) is 25.0 Å². The summed E-state index contributed by atoms with van der Waals surface area (Å²) in [5, 5.41) is 3.17. The lowest BCUT2D eigenvalue weighted by molar-refractivity contribution is 0.0668. The van der Waals surface area contributed by atoms with E-state index in [1.807, 2.05) is 17.9 Å². The molecule has 0 spiro atoms. The maximum absolute atomic E-state index is 12.7. The Morgan fingerprint density at radius 1 is 1.48 bits per heavy atom. The highest BCUT2D eigenvalue weighted by Crippen LogP contribution is 2.27. The highest BCUT2D eigenvalue weighted by Gasteiger charge is 2.26. The summed E-state index contributed by atoms with van der Waals surface area (Å²) < 4.78 is 0.838. The van der Waals surface area contributed by atoms with Crippen LogP contribution in [-0.2, 0) is 0 Å². The Morgan fingerprint density at radius 3 is 2.71 bits per heavy atom. The molecule has 0 aromatic carbocycles. The zero-order valence-corrected chi connectivity index (χ0v) is 14.6. The minimum atomic E-state index is 0.0851. The van der Waals surface area contributed by atoms with Gasteiger partial charge in [-0.25, -0.2) is 4.98 Å². The quantitative estimate of drug-likeness (QED) is 0.895. The molecule has 5 heteroatoms. The first kappa shape index (κ1) is 16.3. The number of hydrogen-bond acceptors (Lipinski definition) is 3. The van der Waals surface area contributed by atoms with Gasteiger partial charge in [-0.2, -0.15) is 0 Å². The number of hydrogen-bond donors (Lipinski definition) is 1. The number of likely N-dealkylation sites (tertiary alicyclic amines) is 1. The van der Waals surface area contributed by atoms with Crippen LogP contribution in [-0.4, -0.2) is 35.4 Å². The number of amides is 1. The van der Waals surface area contributed by atoms with Crippen molar-refractivity contribution >= 4 is 27.7 Å². The Bertz CT molecular complexity index is 496. The van der Waals surface area contributed by atoms with Crippen LogP contribution in [0.25, 0.3) is 0 Å². The van der Waals surface area contributed by atoms with Gasteiger partial charge in [0.25, 0.3) is 5.91 Å². The van der Waals surface area contributed by atoms with E-state index in [2.05, 4.69) is 40.1 Å². The van der Waals surface area contributed by atoms with Crippen molar-refractivity contribution in [3.8, 4) is 0 Å². The standard InChI is InChI=1S/C16H24BrN3O/c1-4-18-15-14(9-13(17)10-19-15)16(21)20-7-5-12(6-8-20)11(2)3/h9-12H,4-8H2,1-3H3,(H,18,19). The van der Waals surface area contributed by atoms with E-state index < -0.39 is 0 Å². The normalized spacial score (nSPS) is 16.3. The van der Waals surface area contributed by atoms with Crippen molar-refractivity contribution in [3.63, 3.8) is 0 Å². The maximum Gasteiger partial charge on any atom is 0.257 e. The van der Waals surface area contributed by atoms with E-state index in [9.17, 15) is 4.79 Å². The third-order valence-corrected chi connectivity index (χ3v) is 4.63. The largest absolute Gasteiger partial charge is 0.370 e. The molecular weight excluding hydrogens is 330 g/mol. The molecule has 1 saturated heterocycles. The molecule has 0 bridgehead atoms. The first-order valence-corrected chi connectivity index (χ1v) is 8.51. The number of rotatable bonds is 4. The SMILES string of the molecule is CCNc1ncc(Br)cc1C(=O)N1CCC(C(C)C)CC1. The first-order valence-electron chi connectivity index (χ1n) is 7.71. The van der Waals surface area contributed by atoms with Gasteiger partial charge in [0, 0.05) is 30.3 Å². The van der Waals surface area contributed by atoms with E-state index in [0.29, 0.717) is 17.3 Å². The van der Waals surface area contributed by atoms with E-state index in [1.165, 1.54) is 0 Å². The number of nitrogens with zero attached hydrogens (tertiary/aromatic N) is 2. The molecule has 1 aromatic rings. The van der Waals surface area contributed by atoms with Crippen LogP contribution in [0.5, 0.6) is 0 Å². The number of nitrogens with one attached hydrogen (secondary N) is 1. The van der Waals surface area contributed by atoms with Gasteiger partial charge in [-0.15, -0.1) is 0 Å². The molecule has 1 N–H and O–H groups in total. The first-order chi connectivity index (χ1) is 10.0. The lowest BCUT2D eigenvalue weighted by Crippen LogP contribution is -2.39. The molecule has 2 heterocycles. The fraction of sp³-hybridized carbons (Fsp3) is 0.625. The van der Waals surface area contributed by atoms with Gasteiger partial charge in [0.2, 0.25) is 0 Å². The van der Waals surface area contributed by atoms with Crippen molar-refractivity contribution in [1.82, 2.24) is 9.88 Å². The molecule has 21 heavy (non-hydrogen) atoms. The number of carbonyl (C=O) groups excluding carboxylic acids is 1. The number of carbonyl (C=O) groups is 1. The third-order valence-electron chi connectivity index (χ3n) is 4.20. The fourth-order valence-corrected chi connectivity index (χ4v) is 3.18. The maximum atomic E-state index is 12.7. The predicted octanol–water partition coefficient (Wildman–Crippen LogP) is 3.78. The second-order valence-electron chi connectivity index (χ2n) is 5.95. The fourth-order valence-electron chi connectivity index (χ4n) is 2.85. The lowest BCUT2D eigenvalue weighted by Gasteiger charge is -2.34. The van der Waals surface area contributed by atoms with Gasteiger partial charge >= 0.3 is 0 Å². The highest BCUT2D eigenvalue weighted by molar-refractivity contribution is 9.10. The molecule has 2 rings (SSSR count). The minimum Gasteiger partial charge on any atom is -0.370 e. The second-order valence-corrected chi connectivity index (χ2v) is 6.87.